The summed E-state index contributed by atoms with van der Waals surface area (Å²) in [5, 5.41) is 35.0. The Bertz CT molecular complexity index is 1030. The molecule has 0 bridgehead atoms. The number of methoxy groups -OCH3 is 1. The third kappa shape index (κ3) is 7.45. The molecule has 0 spiro atoms. The number of amides is 2. The molecule has 4 N–H and O–H groups in total. The molecule has 12 heteroatoms. The average Bonchev–Trinajstić information content (AvgIpc) is 2.80. The van der Waals surface area contributed by atoms with E-state index in [1.807, 2.05) is 0 Å². The first-order chi connectivity index (χ1) is 16.1. The highest BCUT2D eigenvalue weighted by molar-refractivity contribution is 5.89. The fourth-order valence-corrected chi connectivity index (χ4v) is 3.02. The number of nitro groups is 1. The Kier molecular flexibility index (Phi) is 9.32. The second-order valence-corrected chi connectivity index (χ2v) is 7.28. The maximum atomic E-state index is 12.7. The van der Waals surface area contributed by atoms with Crippen molar-refractivity contribution in [1.29, 1.82) is 0 Å². The fraction of sp³-hybridized carbons (Fsp3) is 0.318. The minimum Gasteiger partial charge on any atom is -0.496 e. The summed E-state index contributed by atoms with van der Waals surface area (Å²) in [7, 11) is 1.31. The summed E-state index contributed by atoms with van der Waals surface area (Å²) in [6.07, 6.45) is -2.72. The van der Waals surface area contributed by atoms with E-state index in [0.29, 0.717) is 5.56 Å². The number of carbonyl (C=O) groups is 3. The van der Waals surface area contributed by atoms with E-state index in [0.717, 1.165) is 6.07 Å². The van der Waals surface area contributed by atoms with E-state index in [1.54, 1.807) is 30.3 Å². The number of carboxylic acid groups (broad SMARTS) is 1. The highest BCUT2D eigenvalue weighted by atomic mass is 16.6. The third-order valence-corrected chi connectivity index (χ3v) is 4.76. The van der Waals surface area contributed by atoms with Crippen LogP contribution in [0.5, 0.6) is 5.75 Å². The van der Waals surface area contributed by atoms with Gasteiger partial charge in [0, 0.05) is 24.1 Å². The molecule has 2 amide bonds. The van der Waals surface area contributed by atoms with Gasteiger partial charge in [-0.05, 0) is 18.6 Å². The van der Waals surface area contributed by atoms with Crippen LogP contribution >= 0.6 is 0 Å². The lowest BCUT2D eigenvalue weighted by Gasteiger charge is -2.23. The molecule has 12 nitrogen and oxygen atoms in total. The van der Waals surface area contributed by atoms with Crippen molar-refractivity contribution in [3.8, 4) is 5.75 Å². The molecule has 2 aromatic carbocycles. The maximum Gasteiger partial charge on any atom is 0.408 e. The smallest absolute Gasteiger partial charge is 0.408 e. The van der Waals surface area contributed by atoms with Crippen LogP contribution in [0.25, 0.3) is 0 Å². The molecule has 0 aliphatic heterocycles. The summed E-state index contributed by atoms with van der Waals surface area (Å²) in [6, 6.07) is 9.37. The first-order valence-electron chi connectivity index (χ1n) is 10.1. The molecule has 2 rings (SSSR count). The number of benzene rings is 2. The number of carbonyl (C=O) groups excluding carboxylic acids is 2. The van der Waals surface area contributed by atoms with Gasteiger partial charge >= 0.3 is 12.1 Å². The van der Waals surface area contributed by atoms with Crippen LogP contribution in [0.3, 0.4) is 0 Å². The van der Waals surface area contributed by atoms with Gasteiger partial charge in [-0.25, -0.2) is 9.59 Å². The topological polar surface area (TPSA) is 177 Å². The van der Waals surface area contributed by atoms with Gasteiger partial charge in [-0.1, -0.05) is 30.3 Å². The largest absolute Gasteiger partial charge is 0.496 e. The number of ether oxygens (including phenoxy) is 2. The van der Waals surface area contributed by atoms with Crippen LogP contribution < -0.4 is 15.4 Å². The molecule has 182 valence electrons. The van der Waals surface area contributed by atoms with Crippen LogP contribution in [0.2, 0.25) is 0 Å². The first kappa shape index (κ1) is 26.1. The minimum absolute atomic E-state index is 0.0782. The van der Waals surface area contributed by atoms with E-state index in [1.165, 1.54) is 26.2 Å². The third-order valence-electron chi connectivity index (χ3n) is 4.76. The number of aliphatic carboxylic acids is 1. The quantitative estimate of drug-likeness (QED) is 0.276. The normalized spacial score (nSPS) is 13.1. The summed E-state index contributed by atoms with van der Waals surface area (Å²) in [5.74, 6) is -2.22. The monoisotopic (exact) mass is 475 g/mol. The number of nitrogens with zero attached hydrogens (tertiary/aromatic N) is 1. The van der Waals surface area contributed by atoms with Crippen LogP contribution in [-0.2, 0) is 27.4 Å². The van der Waals surface area contributed by atoms with Gasteiger partial charge in [-0.2, -0.15) is 0 Å². The summed E-state index contributed by atoms with van der Waals surface area (Å²) in [6.45, 7) is 1.16. The van der Waals surface area contributed by atoms with Crippen LogP contribution in [0.15, 0.2) is 48.5 Å². The van der Waals surface area contributed by atoms with Crippen LogP contribution in [-0.4, -0.2) is 58.4 Å². The fourth-order valence-electron chi connectivity index (χ4n) is 3.02. The average molecular weight is 475 g/mol. The van der Waals surface area contributed by atoms with Gasteiger partial charge < -0.3 is 30.3 Å². The Morgan fingerprint density at radius 1 is 1.12 bits per heavy atom. The van der Waals surface area contributed by atoms with Gasteiger partial charge in [0.2, 0.25) is 5.91 Å². The highest BCUT2D eigenvalue weighted by Crippen LogP contribution is 2.25. The van der Waals surface area contributed by atoms with E-state index >= 15 is 0 Å². The molecule has 0 aromatic heterocycles. The van der Waals surface area contributed by atoms with Crippen molar-refractivity contribution in [2.24, 2.45) is 0 Å². The van der Waals surface area contributed by atoms with E-state index < -0.39 is 41.1 Å². The zero-order valence-electron chi connectivity index (χ0n) is 18.5. The number of rotatable bonds is 11. The van der Waals surface area contributed by atoms with E-state index in [9.17, 15) is 34.7 Å². The van der Waals surface area contributed by atoms with E-state index in [4.69, 9.17) is 9.47 Å². The van der Waals surface area contributed by atoms with Crippen molar-refractivity contribution in [2.45, 2.75) is 38.1 Å². The van der Waals surface area contributed by atoms with Crippen LogP contribution in [0, 0.1) is 10.1 Å². The molecule has 3 atom stereocenters. The van der Waals surface area contributed by atoms with Crippen LogP contribution in [0.1, 0.15) is 18.1 Å². The molecule has 0 radical (unpaired) electrons. The number of alkyl carbamates (subject to hydrolysis) is 1. The van der Waals surface area contributed by atoms with Gasteiger partial charge in [-0.3, -0.25) is 14.9 Å². The Labute approximate surface area is 194 Å². The van der Waals surface area contributed by atoms with Gasteiger partial charge in [-0.15, -0.1) is 0 Å². The Morgan fingerprint density at radius 3 is 2.35 bits per heavy atom. The zero-order valence-corrected chi connectivity index (χ0v) is 18.5. The molecular formula is C22H25N3O9. The minimum atomic E-state index is -1.54. The van der Waals surface area contributed by atoms with E-state index in [-0.39, 0.29) is 30.0 Å². The second-order valence-electron chi connectivity index (χ2n) is 7.28. The van der Waals surface area contributed by atoms with Gasteiger partial charge in [0.1, 0.15) is 24.4 Å². The molecule has 0 saturated heterocycles. The molecule has 0 fully saturated rings. The number of non-ortho nitro benzene ring substituents is 1. The first-order valence-corrected chi connectivity index (χ1v) is 10.1. The van der Waals surface area contributed by atoms with E-state index in [2.05, 4.69) is 10.6 Å². The van der Waals surface area contributed by atoms with Crippen LogP contribution in [0.4, 0.5) is 10.5 Å². The van der Waals surface area contributed by atoms with Crippen molar-refractivity contribution in [3.63, 3.8) is 0 Å². The number of nitrogens with one attached hydrogen (secondary N) is 2. The summed E-state index contributed by atoms with van der Waals surface area (Å²) >= 11 is 0. The standard InChI is InChI=1S/C22H25N3O9/c1-13(26)19(24-22(30)34-12-14-6-4-3-5-7-14)20(27)23-17(21(28)29)11-15-10-16(25(31)32)8-9-18(15)33-2/h3-10,13,17,19,26H,11-12H2,1-2H3,(H,23,27)(H,24,30)(H,28,29)/t13-,17+,19+/m1/s1. The predicted molar refractivity (Wildman–Crippen MR) is 118 cm³/mol. The highest BCUT2D eigenvalue weighted by Gasteiger charge is 2.31. The van der Waals surface area contributed by atoms with Crippen molar-refractivity contribution in [3.05, 3.63) is 69.8 Å². The maximum absolute atomic E-state index is 12.7. The lowest BCUT2D eigenvalue weighted by Crippen LogP contribution is -2.56. The SMILES string of the molecule is COc1ccc([N+](=O)[O-])cc1C[C@H](NC(=O)[C@@H](NC(=O)OCc1ccccc1)[C@@H](C)O)C(=O)O. The number of carboxylic acids is 1. The Hall–Kier alpha value is -4.19. The second kappa shape index (κ2) is 12.2. The molecule has 0 unspecified atom stereocenters. The lowest BCUT2D eigenvalue weighted by molar-refractivity contribution is -0.384. The van der Waals surface area contributed by atoms with Gasteiger partial charge in [0.15, 0.2) is 0 Å². The summed E-state index contributed by atoms with van der Waals surface area (Å²) < 4.78 is 10.2. The number of hydrogen-bond donors (Lipinski definition) is 4. The summed E-state index contributed by atoms with van der Waals surface area (Å²) in [4.78, 5) is 47.0. The molecular weight excluding hydrogens is 450 g/mol. The Balaban J connectivity index is 2.10. The predicted octanol–water partition coefficient (Wildman–Crippen LogP) is 1.39. The van der Waals surface area contributed by atoms with Crippen molar-refractivity contribution in [2.75, 3.05) is 7.11 Å². The molecule has 0 saturated carbocycles. The molecule has 0 heterocycles. The lowest BCUT2D eigenvalue weighted by atomic mass is 10.0. The number of hydrogen-bond acceptors (Lipinski definition) is 8. The van der Waals surface area contributed by atoms with Crippen molar-refractivity contribution >= 4 is 23.7 Å². The van der Waals surface area contributed by atoms with Crippen molar-refractivity contribution in [1.82, 2.24) is 10.6 Å². The molecule has 34 heavy (non-hydrogen) atoms. The number of aliphatic hydroxyl groups is 1. The van der Waals surface area contributed by atoms with Gasteiger partial charge in [0.05, 0.1) is 18.1 Å². The Morgan fingerprint density at radius 2 is 1.79 bits per heavy atom. The van der Waals surface area contributed by atoms with Gasteiger partial charge in [0.25, 0.3) is 5.69 Å². The molecule has 2 aromatic rings. The number of aliphatic hydroxyl groups excluding tert-OH is 1. The zero-order chi connectivity index (χ0) is 25.3. The summed E-state index contributed by atoms with van der Waals surface area (Å²) in [5.41, 5.74) is 0.594. The molecule has 0 aliphatic rings. The van der Waals surface area contributed by atoms with Crippen molar-refractivity contribution < 1.29 is 39.0 Å². The number of nitro benzene ring substituents is 1. The molecule has 0 aliphatic carbocycles.